The van der Waals surface area contributed by atoms with E-state index in [-0.39, 0.29) is 0 Å². The standard InChI is InChI=1S/C8H15N5S/c1-6-4-3-5-7(2)12(6)13-8(14)9-10-11-13/h6-7H,3-5H2,1-2H3,(H,9,11,14). The number of nitrogens with one attached hydrogen (secondary N) is 1. The lowest BCUT2D eigenvalue weighted by Crippen LogP contribution is -2.51. The zero-order chi connectivity index (χ0) is 10.1. The van der Waals surface area contributed by atoms with Crippen molar-refractivity contribution in [1.82, 2.24) is 20.3 Å². The van der Waals surface area contributed by atoms with Crippen LogP contribution in [0.25, 0.3) is 0 Å². The monoisotopic (exact) mass is 213 g/mol. The number of nitrogens with zero attached hydrogens (tertiary/aromatic N) is 4. The normalized spacial score (nSPS) is 28.0. The molecule has 2 unspecified atom stereocenters. The van der Waals surface area contributed by atoms with Crippen molar-refractivity contribution in [1.29, 1.82) is 0 Å². The molecule has 0 radical (unpaired) electrons. The molecule has 1 N–H and O–H groups in total. The van der Waals surface area contributed by atoms with Crippen LogP contribution < -0.4 is 5.01 Å². The third-order valence-electron chi connectivity index (χ3n) is 2.83. The number of rotatable bonds is 1. The van der Waals surface area contributed by atoms with Crippen LogP contribution in [0.4, 0.5) is 0 Å². The topological polar surface area (TPSA) is 49.7 Å². The second-order valence-electron chi connectivity index (χ2n) is 3.90. The van der Waals surface area contributed by atoms with Gasteiger partial charge in [-0.15, -0.1) is 4.79 Å². The minimum atomic E-state index is 0.493. The summed E-state index contributed by atoms with van der Waals surface area (Å²) in [6.45, 7) is 4.41. The van der Waals surface area contributed by atoms with Gasteiger partial charge < -0.3 is 0 Å². The fourth-order valence-electron chi connectivity index (χ4n) is 2.14. The molecule has 1 aromatic heterocycles. The maximum atomic E-state index is 5.09. The lowest BCUT2D eigenvalue weighted by molar-refractivity contribution is 0.312. The Bertz CT molecular complexity index is 347. The molecule has 78 valence electrons. The van der Waals surface area contributed by atoms with E-state index in [0.29, 0.717) is 16.9 Å². The number of aromatic nitrogens is 4. The van der Waals surface area contributed by atoms with Gasteiger partial charge in [0.1, 0.15) is 0 Å². The van der Waals surface area contributed by atoms with Gasteiger partial charge in [0.2, 0.25) is 0 Å². The Labute approximate surface area is 88.1 Å². The molecule has 2 heterocycles. The summed E-state index contributed by atoms with van der Waals surface area (Å²) in [5, 5.41) is 12.5. The summed E-state index contributed by atoms with van der Waals surface area (Å²) in [5.41, 5.74) is 0. The second-order valence-corrected chi connectivity index (χ2v) is 4.27. The van der Waals surface area contributed by atoms with Crippen LogP contribution >= 0.6 is 12.2 Å². The SMILES string of the molecule is CC1CCCC(C)N1n1[nH]nnc1=S. The Morgan fingerprint density at radius 1 is 1.36 bits per heavy atom. The fourth-order valence-corrected chi connectivity index (χ4v) is 2.32. The average molecular weight is 213 g/mol. The first kappa shape index (κ1) is 9.64. The van der Waals surface area contributed by atoms with Crippen LogP contribution in [-0.4, -0.2) is 32.4 Å². The quantitative estimate of drug-likeness (QED) is 0.713. The van der Waals surface area contributed by atoms with Gasteiger partial charge in [0.25, 0.3) is 4.77 Å². The van der Waals surface area contributed by atoms with Crippen LogP contribution in [0.2, 0.25) is 0 Å². The van der Waals surface area contributed by atoms with Crippen molar-refractivity contribution in [3.63, 3.8) is 0 Å². The molecule has 1 saturated heterocycles. The minimum Gasteiger partial charge on any atom is -0.289 e. The van der Waals surface area contributed by atoms with Crippen molar-refractivity contribution in [2.75, 3.05) is 5.01 Å². The van der Waals surface area contributed by atoms with E-state index in [2.05, 4.69) is 34.4 Å². The highest BCUT2D eigenvalue weighted by atomic mass is 32.1. The van der Waals surface area contributed by atoms with Crippen molar-refractivity contribution < 1.29 is 0 Å². The molecule has 1 aliphatic heterocycles. The van der Waals surface area contributed by atoms with E-state index in [1.807, 2.05) is 0 Å². The summed E-state index contributed by atoms with van der Waals surface area (Å²) in [6, 6.07) is 0.986. The van der Waals surface area contributed by atoms with E-state index in [9.17, 15) is 0 Å². The lowest BCUT2D eigenvalue weighted by Gasteiger charge is -2.39. The minimum absolute atomic E-state index is 0.493. The summed E-state index contributed by atoms with van der Waals surface area (Å²) in [5.74, 6) is 0. The Balaban J connectivity index is 2.31. The molecule has 0 aromatic carbocycles. The maximum Gasteiger partial charge on any atom is 0.258 e. The highest BCUT2D eigenvalue weighted by Crippen LogP contribution is 2.20. The predicted molar refractivity (Wildman–Crippen MR) is 56.2 cm³/mol. The predicted octanol–water partition coefficient (Wildman–Crippen LogP) is 1.23. The zero-order valence-corrected chi connectivity index (χ0v) is 9.29. The largest absolute Gasteiger partial charge is 0.289 e. The first-order valence-electron chi connectivity index (χ1n) is 4.99. The number of hydrogen-bond acceptors (Lipinski definition) is 4. The molecule has 1 aliphatic rings. The van der Waals surface area contributed by atoms with E-state index in [0.717, 1.165) is 0 Å². The number of piperidine rings is 1. The second kappa shape index (κ2) is 3.68. The summed E-state index contributed by atoms with van der Waals surface area (Å²) in [6.07, 6.45) is 3.68. The highest BCUT2D eigenvalue weighted by Gasteiger charge is 2.25. The molecule has 0 aliphatic carbocycles. The van der Waals surface area contributed by atoms with Gasteiger partial charge in [0.15, 0.2) is 0 Å². The van der Waals surface area contributed by atoms with E-state index in [4.69, 9.17) is 12.2 Å². The van der Waals surface area contributed by atoms with Gasteiger partial charge >= 0.3 is 0 Å². The third kappa shape index (κ3) is 1.54. The molecule has 0 amide bonds. The number of aromatic amines is 1. The Hall–Kier alpha value is -0.910. The summed E-state index contributed by atoms with van der Waals surface area (Å²) in [7, 11) is 0. The van der Waals surface area contributed by atoms with E-state index >= 15 is 0 Å². The fraction of sp³-hybridized carbons (Fsp3) is 0.875. The van der Waals surface area contributed by atoms with Gasteiger partial charge in [0, 0.05) is 12.1 Å². The van der Waals surface area contributed by atoms with E-state index < -0.39 is 0 Å². The van der Waals surface area contributed by atoms with Crippen molar-refractivity contribution in [3.05, 3.63) is 4.77 Å². The van der Waals surface area contributed by atoms with Crippen LogP contribution in [0.5, 0.6) is 0 Å². The van der Waals surface area contributed by atoms with Gasteiger partial charge in [-0.1, -0.05) is 5.10 Å². The zero-order valence-electron chi connectivity index (χ0n) is 8.47. The average Bonchev–Trinajstić information content (AvgIpc) is 2.52. The smallest absolute Gasteiger partial charge is 0.258 e. The van der Waals surface area contributed by atoms with Crippen LogP contribution in [0.3, 0.4) is 0 Å². The van der Waals surface area contributed by atoms with Gasteiger partial charge in [-0.2, -0.15) is 5.21 Å². The molecule has 6 heteroatoms. The maximum absolute atomic E-state index is 5.09. The Kier molecular flexibility index (Phi) is 2.54. The molecule has 0 bridgehead atoms. The molecule has 2 atom stereocenters. The molecule has 0 saturated carbocycles. The van der Waals surface area contributed by atoms with Crippen LogP contribution in [-0.2, 0) is 0 Å². The molecular formula is C8H15N5S. The van der Waals surface area contributed by atoms with Crippen molar-refractivity contribution in [2.24, 2.45) is 0 Å². The van der Waals surface area contributed by atoms with Crippen molar-refractivity contribution in [3.8, 4) is 0 Å². The summed E-state index contributed by atoms with van der Waals surface area (Å²) < 4.78 is 0.505. The Morgan fingerprint density at radius 2 is 2.00 bits per heavy atom. The number of hydrogen-bond donors (Lipinski definition) is 1. The summed E-state index contributed by atoms with van der Waals surface area (Å²) >= 11 is 5.09. The van der Waals surface area contributed by atoms with Gasteiger partial charge in [-0.05, 0) is 50.5 Å². The molecule has 1 aromatic rings. The van der Waals surface area contributed by atoms with Gasteiger partial charge in [0.05, 0.1) is 0 Å². The molecule has 2 rings (SSSR count). The van der Waals surface area contributed by atoms with Crippen molar-refractivity contribution >= 4 is 12.2 Å². The number of tetrazole rings is 1. The molecule has 1 fully saturated rings. The van der Waals surface area contributed by atoms with E-state index in [1.165, 1.54) is 19.3 Å². The van der Waals surface area contributed by atoms with Gasteiger partial charge in [-0.25, -0.2) is 0 Å². The van der Waals surface area contributed by atoms with E-state index in [1.54, 1.807) is 4.79 Å². The van der Waals surface area contributed by atoms with Crippen molar-refractivity contribution in [2.45, 2.75) is 45.2 Å². The first-order valence-corrected chi connectivity index (χ1v) is 5.39. The van der Waals surface area contributed by atoms with Gasteiger partial charge in [-0.3, -0.25) is 5.01 Å². The first-order chi connectivity index (χ1) is 6.70. The Morgan fingerprint density at radius 3 is 2.50 bits per heavy atom. The molecule has 5 nitrogen and oxygen atoms in total. The number of H-pyrrole nitrogens is 1. The van der Waals surface area contributed by atoms with Crippen LogP contribution in [0.1, 0.15) is 33.1 Å². The third-order valence-corrected chi connectivity index (χ3v) is 3.09. The summed E-state index contributed by atoms with van der Waals surface area (Å²) in [4.78, 5) is 1.78. The lowest BCUT2D eigenvalue weighted by atomic mass is 10.00. The molecular weight excluding hydrogens is 198 g/mol. The molecule has 14 heavy (non-hydrogen) atoms. The highest BCUT2D eigenvalue weighted by molar-refractivity contribution is 7.71. The van der Waals surface area contributed by atoms with Crippen LogP contribution in [0.15, 0.2) is 0 Å². The van der Waals surface area contributed by atoms with Crippen LogP contribution in [0, 0.1) is 4.77 Å². The molecule has 0 spiro atoms.